The van der Waals surface area contributed by atoms with E-state index in [1.807, 2.05) is 0 Å². The third-order valence-corrected chi connectivity index (χ3v) is 7.96. The average molecular weight is 545 g/mol. The maximum absolute atomic E-state index is 13.1. The van der Waals surface area contributed by atoms with Crippen LogP contribution >= 0.6 is 7.82 Å². The Morgan fingerprint density at radius 2 is 1.97 bits per heavy atom. The lowest BCUT2D eigenvalue weighted by Gasteiger charge is -2.47. The summed E-state index contributed by atoms with van der Waals surface area (Å²) in [7, 11) is -4.79. The van der Waals surface area contributed by atoms with Gasteiger partial charge in [-0.25, -0.2) is 19.1 Å². The van der Waals surface area contributed by atoms with Crippen molar-refractivity contribution >= 4 is 19.8 Å². The fourth-order valence-electron chi connectivity index (χ4n) is 5.06. The number of aliphatic imine (C=N–C) groups is 1. The number of amides is 2. The second-order valence-corrected chi connectivity index (χ2v) is 10.9. The first-order valence-electron chi connectivity index (χ1n) is 11.5. The van der Waals surface area contributed by atoms with Crippen molar-refractivity contribution in [3.8, 4) is 0 Å². The number of nitrogens with zero attached hydrogens (tertiary/aromatic N) is 4. The molecule has 6 rings (SSSR count). The number of aromatic nitrogens is 2. The van der Waals surface area contributed by atoms with Crippen LogP contribution in [0, 0.1) is 6.92 Å². The summed E-state index contributed by atoms with van der Waals surface area (Å²) in [6.07, 6.45) is -6.05. The maximum Gasteiger partial charge on any atom is 0.472 e. The van der Waals surface area contributed by atoms with Crippen LogP contribution in [0.4, 0.5) is 4.79 Å². The maximum atomic E-state index is 13.1. The Morgan fingerprint density at radius 3 is 2.68 bits per heavy atom. The number of carbonyl (C=O) groups is 1. The Labute approximate surface area is 209 Å². The van der Waals surface area contributed by atoms with Crippen LogP contribution in [-0.2, 0) is 23.1 Å². The predicted molar refractivity (Wildman–Crippen MR) is 117 cm³/mol. The van der Waals surface area contributed by atoms with E-state index in [1.165, 1.54) is 6.20 Å². The van der Waals surface area contributed by atoms with Crippen LogP contribution in [0.1, 0.15) is 43.3 Å². The number of phosphoric ester groups is 1. The van der Waals surface area contributed by atoms with Crippen molar-refractivity contribution in [2.45, 2.75) is 75.2 Å². The molecule has 17 heteroatoms. The number of aryl methyl sites for hydroxylation is 1. The highest BCUT2D eigenvalue weighted by molar-refractivity contribution is 7.47. The van der Waals surface area contributed by atoms with Gasteiger partial charge in [0.1, 0.15) is 42.4 Å². The monoisotopic (exact) mass is 545 g/mol. The fourth-order valence-corrected chi connectivity index (χ4v) is 6.02. The fraction of sp³-hybridized carbons (Fsp3) is 0.700. The molecule has 9 atom stereocenters. The number of ether oxygens (including phenoxy) is 2. The SMILES string of the molecule is Cc1cn2c(=O)nc1[C@@H]1N(C(=O)N=C([O-])[C@]1(C)O)C1CC(OP(=O)(O)OCC3OC2CC3O)C(CO)O1. The van der Waals surface area contributed by atoms with Crippen molar-refractivity contribution in [1.29, 1.82) is 0 Å². The zero-order valence-corrected chi connectivity index (χ0v) is 20.6. The van der Waals surface area contributed by atoms with Gasteiger partial charge in [0, 0.05) is 24.9 Å². The number of hydrogen-bond donors (Lipinski definition) is 4. The Morgan fingerprint density at radius 1 is 1.24 bits per heavy atom. The standard InChI is InChI=1S/C20H27N4O12P/c1-8-5-23-13-3-9(26)12(35-13)7-33-37(31,32)36-10-4-14(34-11(10)6-25)24-16(15(8)21-18(23)28)20(2,30)17(27)22-19(24)29/h5,9-14,16,25-26,30H,3-4,6-7H2,1-2H3,(H,31,32)(H,22,27,29)/p-1/t9?,10?,11?,12?,13?,14?,16-,20+/m0/s1. The largest absolute Gasteiger partial charge is 0.860 e. The van der Waals surface area contributed by atoms with Gasteiger partial charge in [-0.1, -0.05) is 0 Å². The molecule has 2 amide bonds. The van der Waals surface area contributed by atoms with E-state index in [9.17, 15) is 39.5 Å². The van der Waals surface area contributed by atoms with Crippen molar-refractivity contribution in [1.82, 2.24) is 14.5 Å². The van der Waals surface area contributed by atoms with Crippen LogP contribution in [0.15, 0.2) is 16.0 Å². The van der Waals surface area contributed by atoms with Gasteiger partial charge in [0.05, 0.1) is 25.0 Å². The van der Waals surface area contributed by atoms with Crippen LogP contribution in [0.2, 0.25) is 0 Å². The average Bonchev–Trinajstić information content (AvgIpc) is 3.38. The lowest BCUT2D eigenvalue weighted by molar-refractivity contribution is -0.246. The third kappa shape index (κ3) is 4.51. The Hall–Kier alpha value is -2.27. The molecule has 1 aromatic rings. The predicted octanol–water partition coefficient (Wildman–Crippen LogP) is -2.19. The van der Waals surface area contributed by atoms with Gasteiger partial charge in [0.2, 0.25) is 0 Å². The molecule has 37 heavy (non-hydrogen) atoms. The zero-order valence-electron chi connectivity index (χ0n) is 19.7. The van der Waals surface area contributed by atoms with Gasteiger partial charge in [-0.15, -0.1) is 0 Å². The summed E-state index contributed by atoms with van der Waals surface area (Å²) in [6, 6.07) is -2.66. The summed E-state index contributed by atoms with van der Waals surface area (Å²) in [4.78, 5) is 44.6. The summed E-state index contributed by atoms with van der Waals surface area (Å²) in [5.41, 5.74) is -3.02. The highest BCUT2D eigenvalue weighted by Gasteiger charge is 2.53. The number of urea groups is 1. The van der Waals surface area contributed by atoms with E-state index in [0.29, 0.717) is 5.56 Å². The molecule has 7 unspecified atom stereocenters. The van der Waals surface area contributed by atoms with E-state index in [-0.39, 0.29) is 18.5 Å². The van der Waals surface area contributed by atoms with Crippen LogP contribution in [-0.4, -0.2) is 96.1 Å². The van der Waals surface area contributed by atoms with Crippen LogP contribution in [0.25, 0.3) is 0 Å². The van der Waals surface area contributed by atoms with Crippen LogP contribution < -0.4 is 10.8 Å². The molecule has 2 fully saturated rings. The number of hydrogen-bond acceptors (Lipinski definition) is 12. The minimum atomic E-state index is -4.79. The highest BCUT2D eigenvalue weighted by Crippen LogP contribution is 2.49. The number of aliphatic hydroxyl groups excluding tert-OH is 2. The lowest BCUT2D eigenvalue weighted by Crippen LogP contribution is -2.61. The number of fused-ring (bicyclic) bond motifs is 5. The van der Waals surface area contributed by atoms with Crippen molar-refractivity contribution in [3.05, 3.63) is 27.9 Å². The topological polar surface area (TPSA) is 226 Å². The molecule has 6 bridgehead atoms. The lowest BCUT2D eigenvalue weighted by atomic mass is 9.88. The van der Waals surface area contributed by atoms with Crippen molar-refractivity contribution in [2.24, 2.45) is 4.99 Å². The van der Waals surface area contributed by atoms with Crippen LogP contribution in [0.3, 0.4) is 0 Å². The molecule has 5 aliphatic heterocycles. The van der Waals surface area contributed by atoms with Gasteiger partial charge in [0.25, 0.3) is 0 Å². The third-order valence-electron chi connectivity index (χ3n) is 6.95. The summed E-state index contributed by atoms with van der Waals surface area (Å²) in [5.74, 6) is -1.17. The Bertz CT molecular complexity index is 1240. The first-order valence-corrected chi connectivity index (χ1v) is 13.0. The van der Waals surface area contributed by atoms with E-state index >= 15 is 0 Å². The van der Waals surface area contributed by atoms with Gasteiger partial charge < -0.3 is 34.8 Å². The van der Waals surface area contributed by atoms with Gasteiger partial charge in [-0.3, -0.25) is 18.5 Å². The van der Waals surface area contributed by atoms with E-state index in [2.05, 4.69) is 9.98 Å². The van der Waals surface area contributed by atoms with E-state index < -0.39 is 87.2 Å². The quantitative estimate of drug-likeness (QED) is 0.275. The molecule has 0 spiro atoms. The minimum Gasteiger partial charge on any atom is -0.860 e. The normalized spacial score (nSPS) is 42.1. The van der Waals surface area contributed by atoms with E-state index in [4.69, 9.17) is 18.5 Å². The van der Waals surface area contributed by atoms with Crippen molar-refractivity contribution in [3.63, 3.8) is 0 Å². The van der Waals surface area contributed by atoms with Gasteiger partial charge in [0.15, 0.2) is 0 Å². The molecule has 4 N–H and O–H groups in total. The van der Waals surface area contributed by atoms with Gasteiger partial charge >= 0.3 is 19.5 Å². The molecule has 1 aromatic heterocycles. The van der Waals surface area contributed by atoms with Gasteiger partial charge in [-0.2, -0.15) is 4.98 Å². The summed E-state index contributed by atoms with van der Waals surface area (Å²) in [6.45, 7) is 1.42. The molecule has 6 heterocycles. The number of rotatable bonds is 1. The molecule has 0 aliphatic carbocycles. The molecular formula is C20H26N4O12P-. The second kappa shape index (κ2) is 9.18. The number of aliphatic hydroxyl groups is 3. The molecule has 0 saturated carbocycles. The summed E-state index contributed by atoms with van der Waals surface area (Å²) >= 11 is 0. The summed E-state index contributed by atoms with van der Waals surface area (Å²) in [5, 5.41) is 44.0. The molecule has 16 nitrogen and oxygen atoms in total. The molecule has 2 saturated heterocycles. The Kier molecular flexibility index (Phi) is 6.54. The zero-order chi connectivity index (χ0) is 26.9. The highest BCUT2D eigenvalue weighted by atomic mass is 31.2. The van der Waals surface area contributed by atoms with E-state index in [1.54, 1.807) is 6.92 Å². The van der Waals surface area contributed by atoms with Crippen molar-refractivity contribution < 1.29 is 53.2 Å². The first kappa shape index (κ1) is 26.3. The first-order chi connectivity index (χ1) is 17.3. The van der Waals surface area contributed by atoms with E-state index in [0.717, 1.165) is 16.4 Å². The second-order valence-electron chi connectivity index (χ2n) is 9.54. The molecule has 0 aromatic carbocycles. The number of carbonyl (C=O) groups excluding carboxylic acids is 1. The summed E-state index contributed by atoms with van der Waals surface area (Å²) < 4.78 is 35.4. The smallest absolute Gasteiger partial charge is 0.472 e. The molecular weight excluding hydrogens is 519 g/mol. The molecule has 0 radical (unpaired) electrons. The molecule has 5 aliphatic rings. The van der Waals surface area contributed by atoms with Gasteiger partial charge in [-0.05, 0) is 19.4 Å². The number of phosphoric acid groups is 1. The minimum absolute atomic E-state index is 0.0702. The Balaban J connectivity index is 1.67. The molecule has 204 valence electrons. The van der Waals surface area contributed by atoms with Crippen LogP contribution in [0.5, 0.6) is 0 Å². The van der Waals surface area contributed by atoms with Crippen molar-refractivity contribution in [2.75, 3.05) is 13.2 Å².